The molecule has 0 saturated carbocycles. The molecule has 0 aliphatic heterocycles. The predicted octanol–water partition coefficient (Wildman–Crippen LogP) is 0.332. The van der Waals surface area contributed by atoms with Gasteiger partial charge in [0.2, 0.25) is 0 Å². The minimum Gasteiger partial charge on any atom is -0.505 e. The van der Waals surface area contributed by atoms with Gasteiger partial charge in [-0.1, -0.05) is 6.07 Å². The van der Waals surface area contributed by atoms with Crippen LogP contribution in [0.4, 0.5) is 14.5 Å². The van der Waals surface area contributed by atoms with Gasteiger partial charge in [-0.05, 0) is 12.1 Å². The maximum Gasteiger partial charge on any atom is 0.287 e. The van der Waals surface area contributed by atoms with Crippen LogP contribution in [0.1, 0.15) is 10.4 Å². The Balaban J connectivity index is 2.74. The highest BCUT2D eigenvalue weighted by Crippen LogP contribution is 2.24. The zero-order valence-electron chi connectivity index (χ0n) is 8.78. The Kier molecular flexibility index (Phi) is 3.84. The van der Waals surface area contributed by atoms with Crippen molar-refractivity contribution in [1.29, 1.82) is 0 Å². The second-order valence-corrected chi connectivity index (χ2v) is 3.44. The number of nitrogens with two attached hydrogens (primary N) is 1. The number of aliphatic hydroxyl groups is 1. The van der Waals surface area contributed by atoms with Crippen LogP contribution in [0.25, 0.3) is 0 Å². The zero-order chi connectivity index (χ0) is 13.1. The number of nitrogens with one attached hydrogen (secondary N) is 1. The largest absolute Gasteiger partial charge is 0.505 e. The van der Waals surface area contributed by atoms with E-state index in [0.29, 0.717) is 0 Å². The molecule has 0 aliphatic carbocycles. The third kappa shape index (κ3) is 3.28. The molecule has 7 heteroatoms. The Bertz CT molecular complexity index is 424. The fourth-order valence-corrected chi connectivity index (χ4v) is 1.11. The van der Waals surface area contributed by atoms with Crippen LogP contribution in [0.15, 0.2) is 18.2 Å². The number of phenols is 1. The van der Waals surface area contributed by atoms with Gasteiger partial charge in [-0.2, -0.15) is 0 Å². The average Bonchev–Trinajstić information content (AvgIpc) is 2.30. The van der Waals surface area contributed by atoms with Crippen LogP contribution in [-0.2, 0) is 0 Å². The van der Waals surface area contributed by atoms with E-state index in [2.05, 4.69) is 0 Å². The number of amides is 1. The van der Waals surface area contributed by atoms with E-state index in [1.807, 2.05) is 5.32 Å². The number of phenolic OH excluding ortho intramolecular Hbond substituents is 1. The van der Waals surface area contributed by atoms with Gasteiger partial charge in [0.15, 0.2) is 5.75 Å². The molecule has 0 saturated heterocycles. The summed E-state index contributed by atoms with van der Waals surface area (Å²) in [6, 6.07) is 4.03. The molecule has 1 rings (SSSR count). The quantitative estimate of drug-likeness (QED) is 0.455. The van der Waals surface area contributed by atoms with Gasteiger partial charge in [-0.3, -0.25) is 4.79 Å². The van der Waals surface area contributed by atoms with Crippen molar-refractivity contribution in [2.75, 3.05) is 18.9 Å². The maximum atomic E-state index is 12.7. The molecule has 0 radical (unpaired) electrons. The van der Waals surface area contributed by atoms with E-state index in [-0.39, 0.29) is 11.3 Å². The fraction of sp³-hybridized carbons (Fsp3) is 0.300. The van der Waals surface area contributed by atoms with E-state index < -0.39 is 30.7 Å². The number of hydrogen-bond donors (Lipinski definition) is 4. The van der Waals surface area contributed by atoms with Gasteiger partial charge >= 0.3 is 0 Å². The highest BCUT2D eigenvalue weighted by Gasteiger charge is 2.28. The van der Waals surface area contributed by atoms with Gasteiger partial charge in [-0.15, -0.1) is 0 Å². The number of halogens is 2. The summed E-state index contributed by atoms with van der Waals surface area (Å²) in [6.07, 6.45) is 0. The van der Waals surface area contributed by atoms with E-state index in [0.717, 1.165) is 0 Å². The van der Waals surface area contributed by atoms with Gasteiger partial charge in [0, 0.05) is 0 Å². The highest BCUT2D eigenvalue weighted by atomic mass is 19.3. The lowest BCUT2D eigenvalue weighted by Gasteiger charge is -2.14. The van der Waals surface area contributed by atoms with E-state index in [1.165, 1.54) is 18.2 Å². The summed E-state index contributed by atoms with van der Waals surface area (Å²) >= 11 is 0. The smallest absolute Gasteiger partial charge is 0.287 e. The molecule has 1 amide bonds. The van der Waals surface area contributed by atoms with Crippen LogP contribution in [0.5, 0.6) is 5.75 Å². The van der Waals surface area contributed by atoms with Crippen LogP contribution >= 0.6 is 0 Å². The van der Waals surface area contributed by atoms with E-state index >= 15 is 0 Å². The van der Waals surface area contributed by atoms with E-state index in [1.54, 1.807) is 0 Å². The fourth-order valence-electron chi connectivity index (χ4n) is 1.11. The minimum absolute atomic E-state index is 0.0217. The lowest BCUT2D eigenvalue weighted by molar-refractivity contribution is -0.0462. The van der Waals surface area contributed by atoms with Crippen molar-refractivity contribution >= 4 is 11.6 Å². The summed E-state index contributed by atoms with van der Waals surface area (Å²) in [6.45, 7) is -2.38. The number of rotatable bonds is 4. The molecule has 0 fully saturated rings. The monoisotopic (exact) mass is 246 g/mol. The number of carbonyl (C=O) groups is 1. The molecule has 0 aromatic heterocycles. The molecule has 0 aliphatic rings. The van der Waals surface area contributed by atoms with Crippen LogP contribution in [-0.4, -0.2) is 35.2 Å². The van der Waals surface area contributed by atoms with Gasteiger partial charge in [0.25, 0.3) is 11.8 Å². The van der Waals surface area contributed by atoms with Crippen LogP contribution in [0.3, 0.4) is 0 Å². The number of hydrogen-bond acceptors (Lipinski definition) is 4. The summed E-state index contributed by atoms with van der Waals surface area (Å²) in [7, 11) is 0. The van der Waals surface area contributed by atoms with Crippen molar-refractivity contribution in [1.82, 2.24) is 5.32 Å². The number of carbonyl (C=O) groups excluding carboxylic acids is 1. The van der Waals surface area contributed by atoms with Gasteiger partial charge in [0.1, 0.15) is 6.61 Å². The Hall–Kier alpha value is -1.89. The van der Waals surface area contributed by atoms with Crippen molar-refractivity contribution in [3.05, 3.63) is 23.8 Å². The molecule has 0 atom stereocenters. The van der Waals surface area contributed by atoms with Crippen molar-refractivity contribution in [2.45, 2.75) is 5.92 Å². The number of aromatic hydroxyl groups is 1. The molecule has 0 heterocycles. The third-order valence-electron chi connectivity index (χ3n) is 2.05. The zero-order valence-corrected chi connectivity index (χ0v) is 8.78. The lowest BCUT2D eigenvalue weighted by Crippen LogP contribution is -2.39. The summed E-state index contributed by atoms with van der Waals surface area (Å²) < 4.78 is 25.3. The van der Waals surface area contributed by atoms with Gasteiger partial charge in [0.05, 0.1) is 17.8 Å². The maximum absolute atomic E-state index is 12.7. The number of para-hydroxylation sites is 1. The standard InChI is InChI=1S/C10H12F2N2O3/c11-10(12,5-15)4-14-9(17)6-2-1-3-7(13)8(6)16/h1-3,15-16H,4-5,13H2,(H,14,17). The Labute approximate surface area is 95.9 Å². The van der Waals surface area contributed by atoms with E-state index in [4.69, 9.17) is 10.8 Å². The molecule has 94 valence electrons. The summed E-state index contributed by atoms with van der Waals surface area (Å²) in [4.78, 5) is 11.4. The first-order chi connectivity index (χ1) is 7.87. The number of nitrogen functional groups attached to an aromatic ring is 1. The first kappa shape index (κ1) is 13.2. The predicted molar refractivity (Wildman–Crippen MR) is 56.9 cm³/mol. The summed E-state index contributed by atoms with van der Waals surface area (Å²) in [5, 5.41) is 19.6. The number of benzene rings is 1. The van der Waals surface area contributed by atoms with Crippen molar-refractivity contribution < 1.29 is 23.8 Å². The van der Waals surface area contributed by atoms with Gasteiger partial charge in [-0.25, -0.2) is 8.78 Å². The average molecular weight is 246 g/mol. The van der Waals surface area contributed by atoms with Crippen LogP contribution < -0.4 is 11.1 Å². The third-order valence-corrected chi connectivity index (χ3v) is 2.05. The van der Waals surface area contributed by atoms with Crippen molar-refractivity contribution in [3.8, 4) is 5.75 Å². The SMILES string of the molecule is Nc1cccc(C(=O)NCC(F)(F)CO)c1O. The summed E-state index contributed by atoms with van der Waals surface area (Å²) in [5.41, 5.74) is 5.13. The number of anilines is 1. The van der Waals surface area contributed by atoms with E-state index in [9.17, 15) is 18.7 Å². The van der Waals surface area contributed by atoms with Crippen LogP contribution in [0.2, 0.25) is 0 Å². The molecule has 1 aromatic carbocycles. The second-order valence-electron chi connectivity index (χ2n) is 3.44. The number of alkyl halides is 2. The molecular formula is C10H12F2N2O3. The molecule has 5 N–H and O–H groups in total. The molecule has 17 heavy (non-hydrogen) atoms. The van der Waals surface area contributed by atoms with Crippen molar-refractivity contribution in [2.24, 2.45) is 0 Å². The second kappa shape index (κ2) is 4.96. The summed E-state index contributed by atoms with van der Waals surface area (Å²) in [5.74, 6) is -4.74. The van der Waals surface area contributed by atoms with Crippen LogP contribution in [0, 0.1) is 0 Å². The highest BCUT2D eigenvalue weighted by molar-refractivity contribution is 5.98. The Morgan fingerprint density at radius 1 is 1.47 bits per heavy atom. The normalized spacial score (nSPS) is 11.2. The minimum atomic E-state index is -3.40. The van der Waals surface area contributed by atoms with Crippen molar-refractivity contribution in [3.63, 3.8) is 0 Å². The Morgan fingerprint density at radius 3 is 2.71 bits per heavy atom. The topological polar surface area (TPSA) is 95.6 Å². The Morgan fingerprint density at radius 2 is 2.12 bits per heavy atom. The first-order valence-corrected chi connectivity index (χ1v) is 4.72. The lowest BCUT2D eigenvalue weighted by atomic mass is 10.1. The molecule has 5 nitrogen and oxygen atoms in total. The molecular weight excluding hydrogens is 234 g/mol. The van der Waals surface area contributed by atoms with Gasteiger partial charge < -0.3 is 21.3 Å². The molecule has 0 bridgehead atoms. The molecule has 0 unspecified atom stereocenters. The number of aliphatic hydroxyl groups excluding tert-OH is 1. The molecule has 0 spiro atoms. The molecule has 1 aromatic rings. The first-order valence-electron chi connectivity index (χ1n) is 4.72.